The first-order valence-electron chi connectivity index (χ1n) is 7.51. The maximum Gasteiger partial charge on any atom is 0.239 e. The summed E-state index contributed by atoms with van der Waals surface area (Å²) in [7, 11) is 1.61. The van der Waals surface area contributed by atoms with Gasteiger partial charge in [0, 0.05) is 18.5 Å². The Morgan fingerprint density at radius 1 is 1.23 bits per heavy atom. The molecule has 0 heterocycles. The Hall–Kier alpha value is -2.08. The van der Waals surface area contributed by atoms with Crippen LogP contribution in [0.25, 0.3) is 0 Å². The molecule has 1 aliphatic rings. The lowest BCUT2D eigenvalue weighted by Gasteiger charge is -2.11. The molecule has 1 aromatic carbocycles. The quantitative estimate of drug-likeness (QED) is 0.715. The van der Waals surface area contributed by atoms with Crippen molar-refractivity contribution in [1.29, 1.82) is 0 Å². The molecule has 2 amide bonds. The Kier molecular flexibility index (Phi) is 5.77. The van der Waals surface area contributed by atoms with Gasteiger partial charge in [0.25, 0.3) is 0 Å². The SMILES string of the molecule is COc1ccc(CNC(=O)CNC(=O)C2CCC(N)C2)cc1. The van der Waals surface area contributed by atoms with Crippen LogP contribution in [0, 0.1) is 5.92 Å². The highest BCUT2D eigenvalue weighted by Gasteiger charge is 2.27. The molecule has 120 valence electrons. The van der Waals surface area contributed by atoms with E-state index in [9.17, 15) is 9.59 Å². The number of carbonyl (C=O) groups is 2. The van der Waals surface area contributed by atoms with Gasteiger partial charge in [-0.1, -0.05) is 12.1 Å². The van der Waals surface area contributed by atoms with Gasteiger partial charge >= 0.3 is 0 Å². The van der Waals surface area contributed by atoms with Crippen LogP contribution in [0.5, 0.6) is 5.75 Å². The predicted molar refractivity (Wildman–Crippen MR) is 83.2 cm³/mol. The minimum Gasteiger partial charge on any atom is -0.497 e. The second-order valence-electron chi connectivity index (χ2n) is 5.61. The third-order valence-electron chi connectivity index (χ3n) is 3.92. The number of hydrogen-bond donors (Lipinski definition) is 3. The Morgan fingerprint density at radius 3 is 2.55 bits per heavy atom. The lowest BCUT2D eigenvalue weighted by atomic mass is 10.1. The van der Waals surface area contributed by atoms with Crippen molar-refractivity contribution in [3.63, 3.8) is 0 Å². The number of nitrogens with one attached hydrogen (secondary N) is 2. The molecule has 1 aliphatic carbocycles. The van der Waals surface area contributed by atoms with Gasteiger partial charge in [-0.25, -0.2) is 0 Å². The second-order valence-corrected chi connectivity index (χ2v) is 5.61. The Balaban J connectivity index is 1.68. The monoisotopic (exact) mass is 305 g/mol. The molecule has 6 nitrogen and oxygen atoms in total. The zero-order chi connectivity index (χ0) is 15.9. The van der Waals surface area contributed by atoms with Crippen LogP contribution in [0.1, 0.15) is 24.8 Å². The van der Waals surface area contributed by atoms with Crippen molar-refractivity contribution < 1.29 is 14.3 Å². The van der Waals surface area contributed by atoms with Crippen LogP contribution in [-0.2, 0) is 16.1 Å². The van der Waals surface area contributed by atoms with E-state index < -0.39 is 0 Å². The fourth-order valence-electron chi connectivity index (χ4n) is 2.57. The van der Waals surface area contributed by atoms with E-state index in [-0.39, 0.29) is 30.3 Å². The first-order valence-corrected chi connectivity index (χ1v) is 7.51. The lowest BCUT2D eigenvalue weighted by Crippen LogP contribution is -2.39. The van der Waals surface area contributed by atoms with Gasteiger partial charge in [-0.3, -0.25) is 9.59 Å². The molecule has 0 aliphatic heterocycles. The zero-order valence-corrected chi connectivity index (χ0v) is 12.8. The molecular weight excluding hydrogens is 282 g/mol. The van der Waals surface area contributed by atoms with Crippen molar-refractivity contribution in [2.75, 3.05) is 13.7 Å². The first-order chi connectivity index (χ1) is 10.6. The van der Waals surface area contributed by atoms with Gasteiger partial charge in [-0.05, 0) is 37.0 Å². The van der Waals surface area contributed by atoms with Crippen LogP contribution in [0.15, 0.2) is 24.3 Å². The molecule has 2 atom stereocenters. The minimum absolute atomic E-state index is 0.000720. The van der Waals surface area contributed by atoms with E-state index in [1.807, 2.05) is 24.3 Å². The van der Waals surface area contributed by atoms with Crippen molar-refractivity contribution in [2.45, 2.75) is 31.8 Å². The van der Waals surface area contributed by atoms with E-state index in [1.165, 1.54) is 0 Å². The smallest absolute Gasteiger partial charge is 0.239 e. The summed E-state index contributed by atoms with van der Waals surface area (Å²) in [5, 5.41) is 5.44. The molecule has 1 aromatic rings. The zero-order valence-electron chi connectivity index (χ0n) is 12.8. The van der Waals surface area contributed by atoms with Crippen molar-refractivity contribution >= 4 is 11.8 Å². The highest BCUT2D eigenvalue weighted by atomic mass is 16.5. The van der Waals surface area contributed by atoms with Crippen LogP contribution in [0.4, 0.5) is 0 Å². The number of hydrogen-bond acceptors (Lipinski definition) is 4. The molecule has 2 rings (SSSR count). The highest BCUT2D eigenvalue weighted by molar-refractivity contribution is 5.85. The first kappa shape index (κ1) is 16.3. The van der Waals surface area contributed by atoms with Gasteiger partial charge in [0.2, 0.25) is 11.8 Å². The maximum atomic E-state index is 11.9. The van der Waals surface area contributed by atoms with Crippen molar-refractivity contribution in [3.05, 3.63) is 29.8 Å². The van der Waals surface area contributed by atoms with E-state index in [4.69, 9.17) is 10.5 Å². The Morgan fingerprint density at radius 2 is 1.95 bits per heavy atom. The van der Waals surface area contributed by atoms with Crippen molar-refractivity contribution in [3.8, 4) is 5.75 Å². The Labute approximate surface area is 130 Å². The van der Waals surface area contributed by atoms with E-state index in [0.717, 1.165) is 24.2 Å². The molecule has 0 bridgehead atoms. The molecule has 2 unspecified atom stereocenters. The van der Waals surface area contributed by atoms with Gasteiger partial charge in [-0.15, -0.1) is 0 Å². The van der Waals surface area contributed by atoms with E-state index >= 15 is 0 Å². The molecule has 1 fully saturated rings. The number of nitrogens with two attached hydrogens (primary N) is 1. The number of benzene rings is 1. The summed E-state index contributed by atoms with van der Waals surface area (Å²) in [6, 6.07) is 7.56. The summed E-state index contributed by atoms with van der Waals surface area (Å²) in [4.78, 5) is 23.6. The summed E-state index contributed by atoms with van der Waals surface area (Å²) in [5.74, 6) is 0.445. The molecule has 0 spiro atoms. The van der Waals surface area contributed by atoms with Crippen LogP contribution >= 0.6 is 0 Å². The molecule has 1 saturated carbocycles. The number of rotatable bonds is 6. The highest BCUT2D eigenvalue weighted by Crippen LogP contribution is 2.23. The summed E-state index contributed by atoms with van der Waals surface area (Å²) >= 11 is 0. The number of methoxy groups -OCH3 is 1. The third-order valence-corrected chi connectivity index (χ3v) is 3.92. The summed E-state index contributed by atoms with van der Waals surface area (Å²) in [6.45, 7) is 0.424. The fourth-order valence-corrected chi connectivity index (χ4v) is 2.57. The van der Waals surface area contributed by atoms with Crippen LogP contribution < -0.4 is 21.1 Å². The maximum absolute atomic E-state index is 11.9. The van der Waals surface area contributed by atoms with Crippen LogP contribution in [-0.4, -0.2) is 31.5 Å². The molecule has 4 N–H and O–H groups in total. The van der Waals surface area contributed by atoms with Gasteiger partial charge in [0.05, 0.1) is 13.7 Å². The van der Waals surface area contributed by atoms with E-state index in [1.54, 1.807) is 7.11 Å². The third kappa shape index (κ3) is 4.73. The van der Waals surface area contributed by atoms with Crippen molar-refractivity contribution in [1.82, 2.24) is 10.6 Å². The molecular formula is C16H23N3O3. The number of ether oxygens (including phenoxy) is 1. The van der Waals surface area contributed by atoms with Crippen molar-refractivity contribution in [2.24, 2.45) is 11.7 Å². The predicted octanol–water partition coefficient (Wildman–Crippen LogP) is 0.555. The van der Waals surface area contributed by atoms with Gasteiger partial charge in [0.15, 0.2) is 0 Å². The fraction of sp³-hybridized carbons (Fsp3) is 0.500. The second kappa shape index (κ2) is 7.79. The van der Waals surface area contributed by atoms with Crippen LogP contribution in [0.2, 0.25) is 0 Å². The summed E-state index contributed by atoms with van der Waals surface area (Å²) in [6.07, 6.45) is 2.39. The van der Waals surface area contributed by atoms with Crippen LogP contribution in [0.3, 0.4) is 0 Å². The summed E-state index contributed by atoms with van der Waals surface area (Å²) < 4.78 is 5.07. The normalized spacial score (nSPS) is 20.5. The topological polar surface area (TPSA) is 93.5 Å². The Bertz CT molecular complexity index is 516. The number of amides is 2. The average molecular weight is 305 g/mol. The standard InChI is InChI=1S/C16H23N3O3/c1-22-14-6-2-11(3-7-14)9-18-15(20)10-19-16(21)12-4-5-13(17)8-12/h2-3,6-7,12-13H,4-5,8-10,17H2,1H3,(H,18,20)(H,19,21). The minimum atomic E-state index is -0.202. The van der Waals surface area contributed by atoms with E-state index in [0.29, 0.717) is 13.0 Å². The molecule has 22 heavy (non-hydrogen) atoms. The van der Waals surface area contributed by atoms with Gasteiger partial charge < -0.3 is 21.1 Å². The average Bonchev–Trinajstić information content (AvgIpc) is 2.97. The number of carbonyl (C=O) groups excluding carboxylic acids is 2. The molecule has 0 radical (unpaired) electrons. The summed E-state index contributed by atoms with van der Waals surface area (Å²) in [5.41, 5.74) is 6.76. The molecule has 0 aromatic heterocycles. The largest absolute Gasteiger partial charge is 0.497 e. The van der Waals surface area contributed by atoms with Gasteiger partial charge in [-0.2, -0.15) is 0 Å². The van der Waals surface area contributed by atoms with E-state index in [2.05, 4.69) is 10.6 Å². The van der Waals surface area contributed by atoms with Gasteiger partial charge in [0.1, 0.15) is 5.75 Å². The molecule has 0 saturated heterocycles. The lowest BCUT2D eigenvalue weighted by molar-refractivity contribution is -0.128. The molecule has 6 heteroatoms.